The molecule has 3 N–H and O–H groups in total. The molecule has 0 unspecified atom stereocenters. The van der Waals surface area contributed by atoms with Crippen LogP contribution in [0.15, 0.2) is 35.0 Å². The molecule has 0 aliphatic heterocycles. The Morgan fingerprint density at radius 2 is 2.25 bits per heavy atom. The topological polar surface area (TPSA) is 67.8 Å². The standard InChI is InChI=1S/C11H8ClN3O/c12-8-5-14-11-6(8)2-1-3-7(11)9-4-10(13)15-16-9/h1-5,14H,(H2,13,15). The van der Waals surface area contributed by atoms with Crippen molar-refractivity contribution in [2.45, 2.75) is 0 Å². The van der Waals surface area contributed by atoms with E-state index in [1.807, 2.05) is 18.2 Å². The van der Waals surface area contributed by atoms with Crippen molar-refractivity contribution in [3.8, 4) is 11.3 Å². The summed E-state index contributed by atoms with van der Waals surface area (Å²) >= 11 is 6.04. The van der Waals surface area contributed by atoms with Gasteiger partial charge in [-0.25, -0.2) is 0 Å². The molecule has 2 aromatic heterocycles. The highest BCUT2D eigenvalue weighted by Crippen LogP contribution is 2.32. The summed E-state index contributed by atoms with van der Waals surface area (Å²) < 4.78 is 5.13. The number of rotatable bonds is 1. The number of para-hydroxylation sites is 1. The monoisotopic (exact) mass is 233 g/mol. The predicted octanol–water partition coefficient (Wildman–Crippen LogP) is 3.06. The summed E-state index contributed by atoms with van der Waals surface area (Å²) in [6.07, 6.45) is 1.75. The summed E-state index contributed by atoms with van der Waals surface area (Å²) in [5.41, 5.74) is 7.34. The van der Waals surface area contributed by atoms with Gasteiger partial charge in [0.25, 0.3) is 0 Å². The SMILES string of the molecule is Nc1cc(-c2cccc3c(Cl)c[nH]c23)on1. The van der Waals surface area contributed by atoms with Gasteiger partial charge in [0.2, 0.25) is 0 Å². The Balaban J connectivity index is 2.31. The van der Waals surface area contributed by atoms with Crippen LogP contribution in [0.25, 0.3) is 22.2 Å². The molecule has 4 nitrogen and oxygen atoms in total. The number of H-pyrrole nitrogens is 1. The summed E-state index contributed by atoms with van der Waals surface area (Å²) in [4.78, 5) is 3.10. The lowest BCUT2D eigenvalue weighted by molar-refractivity contribution is 0.436. The van der Waals surface area contributed by atoms with Crippen LogP contribution in [-0.4, -0.2) is 10.1 Å². The molecule has 0 atom stereocenters. The molecule has 0 aliphatic carbocycles. The molecule has 16 heavy (non-hydrogen) atoms. The summed E-state index contributed by atoms with van der Waals surface area (Å²) in [7, 11) is 0. The molecule has 0 aliphatic rings. The maximum absolute atomic E-state index is 6.04. The summed E-state index contributed by atoms with van der Waals surface area (Å²) in [5.74, 6) is 0.992. The van der Waals surface area contributed by atoms with E-state index in [4.69, 9.17) is 21.9 Å². The lowest BCUT2D eigenvalue weighted by Crippen LogP contribution is -1.80. The minimum Gasteiger partial charge on any atom is -0.381 e. The molecular weight excluding hydrogens is 226 g/mol. The second-order valence-corrected chi connectivity index (χ2v) is 3.89. The van der Waals surface area contributed by atoms with Crippen molar-refractivity contribution < 1.29 is 4.52 Å². The number of hydrogen-bond acceptors (Lipinski definition) is 3. The van der Waals surface area contributed by atoms with Crippen LogP contribution in [-0.2, 0) is 0 Å². The molecule has 3 rings (SSSR count). The largest absolute Gasteiger partial charge is 0.381 e. The number of anilines is 1. The molecule has 0 radical (unpaired) electrons. The molecule has 1 aromatic carbocycles. The number of nitrogens with one attached hydrogen (secondary N) is 1. The minimum absolute atomic E-state index is 0.365. The Labute approximate surface area is 96.0 Å². The minimum atomic E-state index is 0.365. The van der Waals surface area contributed by atoms with Crippen LogP contribution >= 0.6 is 11.6 Å². The van der Waals surface area contributed by atoms with Gasteiger partial charge < -0.3 is 15.2 Å². The molecule has 3 aromatic rings. The average Bonchev–Trinajstić information content (AvgIpc) is 2.86. The fourth-order valence-electron chi connectivity index (χ4n) is 1.74. The molecule has 80 valence electrons. The van der Waals surface area contributed by atoms with Crippen molar-refractivity contribution in [3.05, 3.63) is 35.5 Å². The van der Waals surface area contributed by atoms with Gasteiger partial charge in [-0.05, 0) is 6.07 Å². The Morgan fingerprint density at radius 1 is 1.38 bits per heavy atom. The van der Waals surface area contributed by atoms with Gasteiger partial charge in [-0.3, -0.25) is 0 Å². The third-order valence-electron chi connectivity index (χ3n) is 2.46. The normalized spacial score (nSPS) is 11.1. The second kappa shape index (κ2) is 3.28. The van der Waals surface area contributed by atoms with Crippen molar-refractivity contribution in [3.63, 3.8) is 0 Å². The van der Waals surface area contributed by atoms with Gasteiger partial charge >= 0.3 is 0 Å². The number of benzene rings is 1. The van der Waals surface area contributed by atoms with E-state index in [0.29, 0.717) is 16.6 Å². The Hall–Kier alpha value is -1.94. The summed E-state index contributed by atoms with van der Waals surface area (Å²) in [6, 6.07) is 7.46. The zero-order valence-electron chi connectivity index (χ0n) is 8.20. The van der Waals surface area contributed by atoms with Crippen LogP contribution in [0.5, 0.6) is 0 Å². The van der Waals surface area contributed by atoms with E-state index in [1.54, 1.807) is 12.3 Å². The zero-order valence-corrected chi connectivity index (χ0v) is 8.95. The second-order valence-electron chi connectivity index (χ2n) is 3.48. The first-order valence-corrected chi connectivity index (χ1v) is 5.11. The van der Waals surface area contributed by atoms with Crippen LogP contribution in [0.1, 0.15) is 0 Å². The lowest BCUT2D eigenvalue weighted by Gasteiger charge is -1.97. The van der Waals surface area contributed by atoms with Crippen molar-refractivity contribution in [2.24, 2.45) is 0 Å². The average molecular weight is 234 g/mol. The molecule has 0 bridgehead atoms. The van der Waals surface area contributed by atoms with Crippen molar-refractivity contribution >= 4 is 28.3 Å². The van der Waals surface area contributed by atoms with Crippen LogP contribution in [0.3, 0.4) is 0 Å². The van der Waals surface area contributed by atoms with Crippen LogP contribution < -0.4 is 5.73 Å². The van der Waals surface area contributed by atoms with Crippen molar-refractivity contribution in [2.75, 3.05) is 5.73 Å². The van der Waals surface area contributed by atoms with E-state index in [0.717, 1.165) is 16.5 Å². The van der Waals surface area contributed by atoms with E-state index >= 15 is 0 Å². The summed E-state index contributed by atoms with van der Waals surface area (Å²) in [5, 5.41) is 5.30. The number of nitrogens with two attached hydrogens (primary N) is 1. The van der Waals surface area contributed by atoms with E-state index in [2.05, 4.69) is 10.1 Å². The predicted molar refractivity (Wildman–Crippen MR) is 63.2 cm³/mol. The highest BCUT2D eigenvalue weighted by molar-refractivity contribution is 6.35. The molecule has 5 heteroatoms. The van der Waals surface area contributed by atoms with E-state index < -0.39 is 0 Å². The van der Waals surface area contributed by atoms with Crippen LogP contribution in [0.4, 0.5) is 5.82 Å². The van der Waals surface area contributed by atoms with Crippen molar-refractivity contribution in [1.29, 1.82) is 0 Å². The molecule has 0 amide bonds. The number of hydrogen-bond donors (Lipinski definition) is 2. The van der Waals surface area contributed by atoms with E-state index in [9.17, 15) is 0 Å². The fourth-order valence-corrected chi connectivity index (χ4v) is 1.95. The van der Waals surface area contributed by atoms with Gasteiger partial charge in [-0.15, -0.1) is 0 Å². The Kier molecular flexibility index (Phi) is 1.91. The van der Waals surface area contributed by atoms with Gasteiger partial charge in [0.05, 0.1) is 10.5 Å². The maximum atomic E-state index is 6.04. The van der Waals surface area contributed by atoms with Gasteiger partial charge in [-0.1, -0.05) is 28.9 Å². The quantitative estimate of drug-likeness (QED) is 0.679. The van der Waals surface area contributed by atoms with Gasteiger partial charge in [0, 0.05) is 23.2 Å². The van der Waals surface area contributed by atoms with Gasteiger partial charge in [0.15, 0.2) is 11.6 Å². The third-order valence-corrected chi connectivity index (χ3v) is 2.77. The van der Waals surface area contributed by atoms with Crippen LogP contribution in [0.2, 0.25) is 5.02 Å². The molecule has 2 heterocycles. The zero-order chi connectivity index (χ0) is 11.1. The highest BCUT2D eigenvalue weighted by atomic mass is 35.5. The van der Waals surface area contributed by atoms with Gasteiger partial charge in [0.1, 0.15) is 0 Å². The summed E-state index contributed by atoms with van der Waals surface area (Å²) in [6.45, 7) is 0. The Morgan fingerprint density at radius 3 is 3.00 bits per heavy atom. The molecular formula is C11H8ClN3O. The number of aromatic nitrogens is 2. The number of aromatic amines is 1. The molecule has 0 fully saturated rings. The van der Waals surface area contributed by atoms with Crippen LogP contribution in [0, 0.1) is 0 Å². The van der Waals surface area contributed by atoms with E-state index in [-0.39, 0.29) is 0 Å². The van der Waals surface area contributed by atoms with Crippen molar-refractivity contribution in [1.82, 2.24) is 10.1 Å². The Bertz CT molecular complexity index is 656. The van der Waals surface area contributed by atoms with E-state index in [1.165, 1.54) is 0 Å². The number of nitrogen functional groups attached to an aromatic ring is 1. The first-order chi connectivity index (χ1) is 7.75. The number of halogens is 1. The number of nitrogens with zero attached hydrogens (tertiary/aromatic N) is 1. The smallest absolute Gasteiger partial charge is 0.171 e. The maximum Gasteiger partial charge on any atom is 0.171 e. The molecule has 0 spiro atoms. The van der Waals surface area contributed by atoms with Gasteiger partial charge in [-0.2, -0.15) is 0 Å². The first kappa shape index (κ1) is 9.30. The highest BCUT2D eigenvalue weighted by Gasteiger charge is 2.11. The third kappa shape index (κ3) is 1.27. The molecule has 0 saturated heterocycles. The first-order valence-electron chi connectivity index (χ1n) is 4.74. The fraction of sp³-hybridized carbons (Fsp3) is 0. The lowest BCUT2D eigenvalue weighted by atomic mass is 10.1. The molecule has 0 saturated carbocycles. The number of fused-ring (bicyclic) bond motifs is 1.